The molecule has 0 spiro atoms. The van der Waals surface area contributed by atoms with Crippen LogP contribution < -0.4 is 5.32 Å². The third-order valence-electron chi connectivity index (χ3n) is 3.45. The Kier molecular flexibility index (Phi) is 7.15. The van der Waals surface area contributed by atoms with Crippen LogP contribution in [0.5, 0.6) is 0 Å². The van der Waals surface area contributed by atoms with Crippen molar-refractivity contribution in [3.05, 3.63) is 23.4 Å². The fraction of sp³-hybridized carbons (Fsp3) is 0.625. The first-order valence-corrected chi connectivity index (χ1v) is 7.73. The van der Waals surface area contributed by atoms with Crippen molar-refractivity contribution < 1.29 is 9.90 Å². The van der Waals surface area contributed by atoms with E-state index in [4.69, 9.17) is 0 Å². The third kappa shape index (κ3) is 5.71. The number of rotatable bonds is 9. The minimum absolute atomic E-state index is 0.218. The molecule has 118 valence electrons. The minimum Gasteiger partial charge on any atom is -0.478 e. The summed E-state index contributed by atoms with van der Waals surface area (Å²) in [7, 11) is 0. The summed E-state index contributed by atoms with van der Waals surface area (Å²) in [5.41, 5.74) is 1.13. The third-order valence-corrected chi connectivity index (χ3v) is 3.45. The molecule has 5 heteroatoms. The summed E-state index contributed by atoms with van der Waals surface area (Å²) in [5, 5.41) is 12.5. The van der Waals surface area contributed by atoms with Gasteiger partial charge in [-0.15, -0.1) is 0 Å². The van der Waals surface area contributed by atoms with Gasteiger partial charge in [0.2, 0.25) is 0 Å². The van der Waals surface area contributed by atoms with E-state index in [1.165, 1.54) is 0 Å². The molecule has 0 aromatic carbocycles. The number of carboxylic acids is 1. The predicted octanol–water partition coefficient (Wildman–Crippen LogP) is 2.87. The summed E-state index contributed by atoms with van der Waals surface area (Å²) >= 11 is 0. The zero-order valence-electron chi connectivity index (χ0n) is 13.5. The van der Waals surface area contributed by atoms with Gasteiger partial charge in [0, 0.05) is 18.3 Å². The van der Waals surface area contributed by atoms with Gasteiger partial charge >= 0.3 is 5.97 Å². The molecular weight excluding hydrogens is 266 g/mol. The number of aryl methyl sites for hydroxylation is 1. The number of carbonyl (C=O) groups is 1. The molecule has 1 aromatic heterocycles. The summed E-state index contributed by atoms with van der Waals surface area (Å²) in [5.74, 6) is -0.257. The van der Waals surface area contributed by atoms with Gasteiger partial charge in [0.1, 0.15) is 5.82 Å². The van der Waals surface area contributed by atoms with Crippen LogP contribution in [0.3, 0.4) is 0 Å². The molecule has 0 saturated heterocycles. The van der Waals surface area contributed by atoms with E-state index in [1.807, 2.05) is 0 Å². The fourth-order valence-corrected chi connectivity index (χ4v) is 2.34. The zero-order valence-corrected chi connectivity index (χ0v) is 13.5. The van der Waals surface area contributed by atoms with Crippen LogP contribution in [0, 0.1) is 0 Å². The average Bonchev–Trinajstić information content (AvgIpc) is 2.44. The maximum absolute atomic E-state index is 11.2. The van der Waals surface area contributed by atoms with E-state index in [2.05, 4.69) is 42.9 Å². The number of pyridine rings is 1. The summed E-state index contributed by atoms with van der Waals surface area (Å²) in [6.45, 7) is 11.4. The molecule has 0 aliphatic heterocycles. The Bertz CT molecular complexity index is 459. The fourth-order valence-electron chi connectivity index (χ4n) is 2.34. The lowest BCUT2D eigenvalue weighted by Gasteiger charge is -2.24. The molecule has 1 aromatic rings. The SMILES string of the molecule is CCCc1cc(C(=O)O)cc(NC(C)CN(CC)CC)n1. The summed E-state index contributed by atoms with van der Waals surface area (Å²) < 4.78 is 0. The van der Waals surface area contributed by atoms with Crippen molar-refractivity contribution in [2.24, 2.45) is 0 Å². The van der Waals surface area contributed by atoms with Crippen LogP contribution >= 0.6 is 0 Å². The highest BCUT2D eigenvalue weighted by atomic mass is 16.4. The molecule has 2 N–H and O–H groups in total. The Morgan fingerprint density at radius 2 is 2.00 bits per heavy atom. The standard InChI is InChI=1S/C16H27N3O2/c1-5-8-14-9-13(16(20)21)10-15(18-14)17-12(4)11-19(6-2)7-3/h9-10,12H,5-8,11H2,1-4H3,(H,17,18)(H,20,21). The molecule has 21 heavy (non-hydrogen) atoms. The minimum atomic E-state index is -0.908. The molecule has 0 fully saturated rings. The highest BCUT2D eigenvalue weighted by molar-refractivity contribution is 5.88. The quantitative estimate of drug-likeness (QED) is 0.733. The molecule has 0 amide bonds. The molecule has 0 saturated carbocycles. The molecule has 0 radical (unpaired) electrons. The Morgan fingerprint density at radius 1 is 1.33 bits per heavy atom. The van der Waals surface area contributed by atoms with Crippen LogP contribution in [-0.4, -0.2) is 46.6 Å². The average molecular weight is 293 g/mol. The topological polar surface area (TPSA) is 65.5 Å². The van der Waals surface area contributed by atoms with Crippen LogP contribution in [0.25, 0.3) is 0 Å². The zero-order chi connectivity index (χ0) is 15.8. The van der Waals surface area contributed by atoms with Crippen molar-refractivity contribution in [3.63, 3.8) is 0 Å². The number of anilines is 1. The van der Waals surface area contributed by atoms with E-state index >= 15 is 0 Å². The number of nitrogens with zero attached hydrogens (tertiary/aromatic N) is 2. The highest BCUT2D eigenvalue weighted by Crippen LogP contribution is 2.13. The molecule has 0 aliphatic rings. The van der Waals surface area contributed by atoms with Gasteiger partial charge < -0.3 is 15.3 Å². The van der Waals surface area contributed by atoms with Crippen molar-refractivity contribution >= 4 is 11.8 Å². The first-order chi connectivity index (χ1) is 9.99. The van der Waals surface area contributed by atoms with Crippen LogP contribution in [0.15, 0.2) is 12.1 Å². The molecular formula is C16H27N3O2. The second kappa shape index (κ2) is 8.62. The lowest BCUT2D eigenvalue weighted by Crippen LogP contribution is -2.35. The lowest BCUT2D eigenvalue weighted by molar-refractivity contribution is 0.0696. The van der Waals surface area contributed by atoms with Gasteiger partial charge in [0.25, 0.3) is 0 Å². The number of hydrogen-bond donors (Lipinski definition) is 2. The number of aromatic nitrogens is 1. The number of hydrogen-bond acceptors (Lipinski definition) is 4. The van der Waals surface area contributed by atoms with Crippen LogP contribution in [0.4, 0.5) is 5.82 Å². The van der Waals surface area contributed by atoms with Gasteiger partial charge in [-0.2, -0.15) is 0 Å². The highest BCUT2D eigenvalue weighted by Gasteiger charge is 2.11. The van der Waals surface area contributed by atoms with E-state index in [1.54, 1.807) is 12.1 Å². The van der Waals surface area contributed by atoms with Crippen molar-refractivity contribution in [3.8, 4) is 0 Å². The van der Waals surface area contributed by atoms with E-state index in [-0.39, 0.29) is 6.04 Å². The normalized spacial score (nSPS) is 12.4. The maximum Gasteiger partial charge on any atom is 0.335 e. The Hall–Kier alpha value is -1.62. The summed E-state index contributed by atoms with van der Waals surface area (Å²) in [4.78, 5) is 18.0. The first kappa shape index (κ1) is 17.4. The van der Waals surface area contributed by atoms with Gasteiger partial charge in [-0.3, -0.25) is 0 Å². The molecule has 5 nitrogen and oxygen atoms in total. The number of nitrogens with one attached hydrogen (secondary N) is 1. The number of aromatic carboxylic acids is 1. The van der Waals surface area contributed by atoms with E-state index in [9.17, 15) is 9.90 Å². The predicted molar refractivity (Wildman–Crippen MR) is 86.1 cm³/mol. The number of likely N-dealkylation sites (N-methyl/N-ethyl adjacent to an activating group) is 1. The van der Waals surface area contributed by atoms with Gasteiger partial charge in [0.05, 0.1) is 5.56 Å². The van der Waals surface area contributed by atoms with Crippen LogP contribution in [0.1, 0.15) is 50.2 Å². The second-order valence-electron chi connectivity index (χ2n) is 5.32. The molecule has 0 bridgehead atoms. The Balaban J connectivity index is 2.83. The maximum atomic E-state index is 11.2. The van der Waals surface area contributed by atoms with Crippen molar-refractivity contribution in [1.29, 1.82) is 0 Å². The van der Waals surface area contributed by atoms with Gasteiger partial charge in [-0.25, -0.2) is 9.78 Å². The summed E-state index contributed by atoms with van der Waals surface area (Å²) in [6, 6.07) is 3.49. The smallest absolute Gasteiger partial charge is 0.335 e. The van der Waals surface area contributed by atoms with E-state index in [0.717, 1.165) is 38.2 Å². The Morgan fingerprint density at radius 3 is 2.52 bits per heavy atom. The first-order valence-electron chi connectivity index (χ1n) is 7.73. The Labute approximate surface area is 127 Å². The lowest BCUT2D eigenvalue weighted by atomic mass is 10.1. The van der Waals surface area contributed by atoms with Gasteiger partial charge in [0.15, 0.2) is 0 Å². The van der Waals surface area contributed by atoms with E-state index in [0.29, 0.717) is 11.4 Å². The van der Waals surface area contributed by atoms with E-state index < -0.39 is 5.97 Å². The van der Waals surface area contributed by atoms with Crippen molar-refractivity contribution in [2.75, 3.05) is 25.0 Å². The molecule has 1 rings (SSSR count). The van der Waals surface area contributed by atoms with Gasteiger partial charge in [-0.1, -0.05) is 27.2 Å². The molecule has 0 aliphatic carbocycles. The van der Waals surface area contributed by atoms with Crippen molar-refractivity contribution in [2.45, 2.75) is 46.6 Å². The largest absolute Gasteiger partial charge is 0.478 e. The second-order valence-corrected chi connectivity index (χ2v) is 5.32. The van der Waals surface area contributed by atoms with Crippen molar-refractivity contribution in [1.82, 2.24) is 9.88 Å². The monoisotopic (exact) mass is 293 g/mol. The molecule has 1 atom stereocenters. The summed E-state index contributed by atoms with van der Waals surface area (Å²) in [6.07, 6.45) is 1.74. The molecule has 1 unspecified atom stereocenters. The molecule has 1 heterocycles. The van der Waals surface area contributed by atoms with Crippen LogP contribution in [-0.2, 0) is 6.42 Å². The van der Waals surface area contributed by atoms with Crippen LogP contribution in [0.2, 0.25) is 0 Å². The van der Waals surface area contributed by atoms with Gasteiger partial charge in [-0.05, 0) is 38.6 Å². The number of carboxylic acid groups (broad SMARTS) is 1.